The Balaban J connectivity index is 2.39. The first-order valence-electron chi connectivity index (χ1n) is 5.59. The highest BCUT2D eigenvalue weighted by atomic mass is 16.2. The van der Waals surface area contributed by atoms with Crippen molar-refractivity contribution in [3.63, 3.8) is 0 Å². The molecule has 0 bridgehead atoms. The number of rotatable bonds is 3. The summed E-state index contributed by atoms with van der Waals surface area (Å²) in [5, 5.41) is 3.01. The topological polar surface area (TPSA) is 32.3 Å². The first-order valence-corrected chi connectivity index (χ1v) is 5.59. The normalized spacial score (nSPS) is 27.8. The van der Waals surface area contributed by atoms with E-state index >= 15 is 0 Å². The lowest BCUT2D eigenvalue weighted by atomic mass is 9.93. The van der Waals surface area contributed by atoms with E-state index in [2.05, 4.69) is 19.2 Å². The number of hydrogen-bond acceptors (Lipinski definition) is 2. The van der Waals surface area contributed by atoms with Crippen LogP contribution in [-0.4, -0.2) is 37.0 Å². The van der Waals surface area contributed by atoms with Gasteiger partial charge in [0.15, 0.2) is 0 Å². The van der Waals surface area contributed by atoms with Gasteiger partial charge in [-0.15, -0.1) is 0 Å². The number of nitrogens with one attached hydrogen (secondary N) is 1. The van der Waals surface area contributed by atoms with E-state index in [9.17, 15) is 4.79 Å². The van der Waals surface area contributed by atoms with Gasteiger partial charge < -0.3 is 10.2 Å². The molecule has 0 aliphatic carbocycles. The van der Waals surface area contributed by atoms with Gasteiger partial charge in [0.05, 0.1) is 0 Å². The molecule has 0 spiro atoms. The van der Waals surface area contributed by atoms with Crippen LogP contribution in [0.25, 0.3) is 0 Å². The van der Waals surface area contributed by atoms with Gasteiger partial charge in [0.2, 0.25) is 5.91 Å². The first-order chi connectivity index (χ1) is 6.65. The van der Waals surface area contributed by atoms with Crippen LogP contribution in [0.1, 0.15) is 33.1 Å². The van der Waals surface area contributed by atoms with Gasteiger partial charge in [0.1, 0.15) is 0 Å². The smallest absolute Gasteiger partial charge is 0.224 e. The maximum atomic E-state index is 11.8. The highest BCUT2D eigenvalue weighted by molar-refractivity contribution is 5.76. The molecule has 0 aromatic heterocycles. The molecule has 3 nitrogen and oxygen atoms in total. The fraction of sp³-hybridized carbons (Fsp3) is 0.909. The van der Waals surface area contributed by atoms with Crippen LogP contribution in [0.4, 0.5) is 0 Å². The van der Waals surface area contributed by atoms with E-state index in [0.717, 1.165) is 31.8 Å². The summed E-state index contributed by atoms with van der Waals surface area (Å²) < 4.78 is 0. The number of amides is 1. The second kappa shape index (κ2) is 5.35. The molecule has 0 aromatic rings. The number of likely N-dealkylation sites (tertiary alicyclic amines) is 1. The summed E-state index contributed by atoms with van der Waals surface area (Å²) in [6, 6.07) is 0.433. The number of carbonyl (C=O) groups is 1. The molecular formula is C11H22N2O. The minimum absolute atomic E-state index is 0.304. The Hall–Kier alpha value is -0.570. The second-order valence-corrected chi connectivity index (χ2v) is 4.42. The van der Waals surface area contributed by atoms with Gasteiger partial charge in [-0.1, -0.05) is 6.92 Å². The monoisotopic (exact) mass is 198 g/mol. The van der Waals surface area contributed by atoms with E-state index in [1.54, 1.807) is 0 Å². The van der Waals surface area contributed by atoms with Crippen molar-refractivity contribution in [2.24, 2.45) is 5.92 Å². The Morgan fingerprint density at radius 3 is 2.79 bits per heavy atom. The van der Waals surface area contributed by atoms with Crippen molar-refractivity contribution in [3.8, 4) is 0 Å². The van der Waals surface area contributed by atoms with E-state index in [0.29, 0.717) is 18.4 Å². The molecule has 1 heterocycles. The molecule has 0 aromatic carbocycles. The summed E-state index contributed by atoms with van der Waals surface area (Å²) in [6.07, 6.45) is 2.95. The zero-order chi connectivity index (χ0) is 10.6. The summed E-state index contributed by atoms with van der Waals surface area (Å²) in [4.78, 5) is 13.8. The molecule has 1 aliphatic rings. The number of nitrogens with zero attached hydrogens (tertiary/aromatic N) is 1. The molecule has 1 fully saturated rings. The molecular weight excluding hydrogens is 176 g/mol. The van der Waals surface area contributed by atoms with Gasteiger partial charge in [-0.05, 0) is 32.7 Å². The lowest BCUT2D eigenvalue weighted by Crippen LogP contribution is -2.44. The first kappa shape index (κ1) is 11.5. The van der Waals surface area contributed by atoms with E-state index in [1.165, 1.54) is 0 Å². The lowest BCUT2D eigenvalue weighted by Gasteiger charge is -2.36. The average molecular weight is 198 g/mol. The van der Waals surface area contributed by atoms with Crippen molar-refractivity contribution in [1.29, 1.82) is 0 Å². The Kier molecular flexibility index (Phi) is 4.39. The minimum atomic E-state index is 0.304. The Bertz CT molecular complexity index is 194. The molecule has 14 heavy (non-hydrogen) atoms. The number of hydrogen-bond donors (Lipinski definition) is 1. The van der Waals surface area contributed by atoms with Crippen LogP contribution >= 0.6 is 0 Å². The third kappa shape index (κ3) is 2.98. The number of piperidine rings is 1. The van der Waals surface area contributed by atoms with Gasteiger partial charge in [-0.2, -0.15) is 0 Å². The Labute approximate surface area is 86.9 Å². The van der Waals surface area contributed by atoms with Crippen LogP contribution in [0, 0.1) is 5.92 Å². The fourth-order valence-electron chi connectivity index (χ4n) is 2.15. The van der Waals surface area contributed by atoms with Crippen molar-refractivity contribution in [3.05, 3.63) is 0 Å². The minimum Gasteiger partial charge on any atom is -0.340 e. The zero-order valence-corrected chi connectivity index (χ0v) is 9.55. The molecule has 0 radical (unpaired) electrons. The van der Waals surface area contributed by atoms with Crippen LogP contribution < -0.4 is 5.32 Å². The molecule has 1 amide bonds. The van der Waals surface area contributed by atoms with Crippen molar-refractivity contribution >= 4 is 5.91 Å². The van der Waals surface area contributed by atoms with Gasteiger partial charge >= 0.3 is 0 Å². The van der Waals surface area contributed by atoms with Crippen LogP contribution in [0.5, 0.6) is 0 Å². The summed E-state index contributed by atoms with van der Waals surface area (Å²) in [5.74, 6) is 1.08. The molecule has 1 rings (SSSR count). The van der Waals surface area contributed by atoms with Gasteiger partial charge in [0, 0.05) is 25.6 Å². The average Bonchev–Trinajstić information content (AvgIpc) is 2.14. The maximum Gasteiger partial charge on any atom is 0.224 e. The highest BCUT2D eigenvalue weighted by Gasteiger charge is 2.25. The fourth-order valence-corrected chi connectivity index (χ4v) is 2.15. The Morgan fingerprint density at radius 1 is 1.50 bits per heavy atom. The van der Waals surface area contributed by atoms with Gasteiger partial charge in [-0.25, -0.2) is 0 Å². The number of carbonyl (C=O) groups excluding carboxylic acids is 1. The van der Waals surface area contributed by atoms with E-state index < -0.39 is 0 Å². The molecule has 1 saturated heterocycles. The van der Waals surface area contributed by atoms with Crippen LogP contribution in [0.15, 0.2) is 0 Å². The van der Waals surface area contributed by atoms with Gasteiger partial charge in [0.25, 0.3) is 0 Å². The van der Waals surface area contributed by atoms with Crippen LogP contribution in [-0.2, 0) is 4.79 Å². The summed E-state index contributed by atoms with van der Waals surface area (Å²) in [6.45, 7) is 6.17. The zero-order valence-electron chi connectivity index (χ0n) is 9.55. The Morgan fingerprint density at radius 2 is 2.21 bits per heavy atom. The predicted molar refractivity (Wildman–Crippen MR) is 58.1 cm³/mol. The quantitative estimate of drug-likeness (QED) is 0.740. The van der Waals surface area contributed by atoms with Crippen LogP contribution in [0.2, 0.25) is 0 Å². The highest BCUT2D eigenvalue weighted by Crippen LogP contribution is 2.22. The molecule has 3 heteroatoms. The van der Waals surface area contributed by atoms with E-state index in [4.69, 9.17) is 0 Å². The summed E-state index contributed by atoms with van der Waals surface area (Å²) in [5.41, 5.74) is 0. The summed E-state index contributed by atoms with van der Waals surface area (Å²) >= 11 is 0. The molecule has 2 atom stereocenters. The van der Waals surface area contributed by atoms with E-state index in [-0.39, 0.29) is 0 Å². The third-order valence-electron chi connectivity index (χ3n) is 3.05. The standard InChI is InChI=1S/C11H22N2O/c1-9-5-7-13(10(2)8-9)11(14)4-6-12-3/h9-10,12H,4-8H2,1-3H3. The summed E-state index contributed by atoms with van der Waals surface area (Å²) in [7, 11) is 1.88. The SMILES string of the molecule is CNCCC(=O)N1CCC(C)CC1C. The lowest BCUT2D eigenvalue weighted by molar-refractivity contribution is -0.134. The van der Waals surface area contributed by atoms with Crippen molar-refractivity contribution in [1.82, 2.24) is 10.2 Å². The predicted octanol–water partition coefficient (Wildman–Crippen LogP) is 1.24. The second-order valence-electron chi connectivity index (χ2n) is 4.42. The van der Waals surface area contributed by atoms with Gasteiger partial charge in [-0.3, -0.25) is 4.79 Å². The largest absolute Gasteiger partial charge is 0.340 e. The van der Waals surface area contributed by atoms with Crippen molar-refractivity contribution < 1.29 is 4.79 Å². The molecule has 82 valence electrons. The van der Waals surface area contributed by atoms with E-state index in [1.807, 2.05) is 11.9 Å². The maximum absolute atomic E-state index is 11.8. The van der Waals surface area contributed by atoms with Crippen molar-refractivity contribution in [2.75, 3.05) is 20.1 Å². The molecule has 1 aliphatic heterocycles. The van der Waals surface area contributed by atoms with Crippen molar-refractivity contribution in [2.45, 2.75) is 39.2 Å². The molecule has 0 saturated carbocycles. The van der Waals surface area contributed by atoms with Crippen LogP contribution in [0.3, 0.4) is 0 Å². The molecule has 2 unspecified atom stereocenters. The third-order valence-corrected chi connectivity index (χ3v) is 3.05. The molecule has 1 N–H and O–H groups in total.